The Bertz CT molecular complexity index is 842. The summed E-state index contributed by atoms with van der Waals surface area (Å²) in [6.07, 6.45) is 3.28. The second-order valence-corrected chi connectivity index (χ2v) is 8.25. The molecule has 0 bridgehead atoms. The van der Waals surface area contributed by atoms with Crippen molar-refractivity contribution in [1.82, 2.24) is 4.90 Å². The molecule has 1 aromatic rings. The van der Waals surface area contributed by atoms with Crippen LogP contribution >= 0.6 is 0 Å². The van der Waals surface area contributed by atoms with E-state index in [0.717, 1.165) is 19.3 Å². The summed E-state index contributed by atoms with van der Waals surface area (Å²) in [5.41, 5.74) is 0.0912. The minimum absolute atomic E-state index is 0.0380. The molecule has 9 nitrogen and oxygen atoms in total. The third-order valence-electron chi connectivity index (χ3n) is 6.24. The van der Waals surface area contributed by atoms with Crippen molar-refractivity contribution < 1.29 is 24.0 Å². The zero-order chi connectivity index (χ0) is 21.8. The molecular formula is C21H27N3O6. The molecule has 3 rings (SSSR count). The van der Waals surface area contributed by atoms with Gasteiger partial charge in [-0.15, -0.1) is 0 Å². The quantitative estimate of drug-likeness (QED) is 0.432. The van der Waals surface area contributed by atoms with Crippen molar-refractivity contribution in [3.63, 3.8) is 0 Å². The van der Waals surface area contributed by atoms with Crippen molar-refractivity contribution in [3.05, 3.63) is 34.4 Å². The predicted molar refractivity (Wildman–Crippen MR) is 108 cm³/mol. The van der Waals surface area contributed by atoms with E-state index in [2.05, 4.69) is 19.2 Å². The van der Waals surface area contributed by atoms with Crippen molar-refractivity contribution in [2.45, 2.75) is 45.6 Å². The molecule has 1 N–H and O–H groups in total. The Morgan fingerprint density at radius 3 is 2.80 bits per heavy atom. The molecule has 2 aliphatic rings. The number of nitro groups is 1. The molecule has 1 saturated heterocycles. The number of rotatable bonds is 6. The average Bonchev–Trinajstić information content (AvgIpc) is 3.10. The first kappa shape index (κ1) is 21.7. The fraction of sp³-hybridized carbons (Fsp3) is 0.571. The summed E-state index contributed by atoms with van der Waals surface area (Å²) in [7, 11) is 0. The highest BCUT2D eigenvalue weighted by atomic mass is 16.6. The van der Waals surface area contributed by atoms with E-state index in [1.807, 2.05) is 4.90 Å². The molecule has 0 radical (unpaired) electrons. The Kier molecular flexibility index (Phi) is 6.69. The monoisotopic (exact) mass is 417 g/mol. The molecule has 2 amide bonds. The molecule has 162 valence electrons. The number of benzene rings is 1. The summed E-state index contributed by atoms with van der Waals surface area (Å²) in [4.78, 5) is 49.0. The predicted octanol–water partition coefficient (Wildman–Crippen LogP) is 2.75. The number of amides is 2. The maximum atomic E-state index is 12.5. The molecule has 4 atom stereocenters. The molecule has 9 heteroatoms. The van der Waals surface area contributed by atoms with Gasteiger partial charge in [0.1, 0.15) is 0 Å². The van der Waals surface area contributed by atoms with Gasteiger partial charge >= 0.3 is 5.97 Å². The first-order valence-corrected chi connectivity index (χ1v) is 10.3. The zero-order valence-electron chi connectivity index (χ0n) is 17.2. The van der Waals surface area contributed by atoms with Crippen molar-refractivity contribution >= 4 is 29.2 Å². The highest BCUT2D eigenvalue weighted by molar-refractivity contribution is 5.94. The molecule has 0 spiro atoms. The highest BCUT2D eigenvalue weighted by Gasteiger charge is 2.42. The maximum absolute atomic E-state index is 12.5. The molecule has 0 unspecified atom stereocenters. The number of nitro benzene ring substituents is 1. The molecule has 1 aliphatic carbocycles. The Balaban J connectivity index is 1.50. The topological polar surface area (TPSA) is 119 Å². The first-order chi connectivity index (χ1) is 14.3. The number of nitrogens with zero attached hydrogens (tertiary/aromatic N) is 2. The minimum Gasteiger partial charge on any atom is -0.455 e. The van der Waals surface area contributed by atoms with Gasteiger partial charge in [-0.3, -0.25) is 24.5 Å². The number of carbonyl (C=O) groups excluding carboxylic acids is 3. The van der Waals surface area contributed by atoms with Gasteiger partial charge in [0.15, 0.2) is 6.61 Å². The lowest BCUT2D eigenvalue weighted by atomic mass is 9.77. The molecule has 1 aliphatic heterocycles. The largest absolute Gasteiger partial charge is 0.455 e. The van der Waals surface area contributed by atoms with Crippen LogP contribution in [-0.2, 0) is 19.1 Å². The third kappa shape index (κ3) is 4.95. The standard InChI is InChI=1S/C21H27N3O6/c1-13-5-3-8-18(14(13)2)23-11-15(9-20(23)26)21(27)30-12-19(25)22-16-6-4-7-17(10-16)24(28)29/h4,6-7,10,13-15,18H,3,5,8-9,11-12H2,1-2H3,(H,22,25)/t13-,14+,15+,18+/m0/s1. The van der Waals surface area contributed by atoms with Crippen LogP contribution in [-0.4, -0.2) is 46.8 Å². The van der Waals surface area contributed by atoms with E-state index in [1.54, 1.807) is 0 Å². The number of likely N-dealkylation sites (tertiary alicyclic amines) is 1. The van der Waals surface area contributed by atoms with Gasteiger partial charge < -0.3 is 15.0 Å². The zero-order valence-corrected chi connectivity index (χ0v) is 17.2. The lowest BCUT2D eigenvalue weighted by Crippen LogP contribution is -2.45. The van der Waals surface area contributed by atoms with Crippen molar-refractivity contribution in [2.75, 3.05) is 18.5 Å². The van der Waals surface area contributed by atoms with E-state index in [4.69, 9.17) is 4.74 Å². The van der Waals surface area contributed by atoms with Crippen LogP contribution in [0.3, 0.4) is 0 Å². The number of nitrogens with one attached hydrogen (secondary N) is 1. The molecule has 1 aromatic carbocycles. The van der Waals surface area contributed by atoms with E-state index in [-0.39, 0.29) is 29.7 Å². The second kappa shape index (κ2) is 9.23. The third-order valence-corrected chi connectivity index (χ3v) is 6.24. The summed E-state index contributed by atoms with van der Waals surface area (Å²) < 4.78 is 5.11. The molecule has 2 fully saturated rings. The number of ether oxygens (including phenoxy) is 1. The maximum Gasteiger partial charge on any atom is 0.311 e. The van der Waals surface area contributed by atoms with Crippen molar-refractivity contribution in [3.8, 4) is 0 Å². The van der Waals surface area contributed by atoms with Crippen LogP contribution < -0.4 is 5.32 Å². The number of carbonyl (C=O) groups is 3. The molecule has 1 heterocycles. The van der Waals surface area contributed by atoms with E-state index in [1.165, 1.54) is 24.3 Å². The van der Waals surface area contributed by atoms with Gasteiger partial charge in [0.25, 0.3) is 11.6 Å². The molecule has 1 saturated carbocycles. The fourth-order valence-electron chi connectivity index (χ4n) is 4.35. The SMILES string of the molecule is C[C@H]1[C@H](N2C[C@H](C(=O)OCC(=O)Nc3cccc([N+](=O)[O-])c3)CC2=O)CCC[C@@H]1C. The van der Waals surface area contributed by atoms with Crippen molar-refractivity contribution in [1.29, 1.82) is 0 Å². The Hall–Kier alpha value is -2.97. The van der Waals surface area contributed by atoms with Gasteiger partial charge in [-0.2, -0.15) is 0 Å². The Labute approximate surface area is 174 Å². The lowest BCUT2D eigenvalue weighted by molar-refractivity contribution is -0.384. The minimum atomic E-state index is -0.597. The number of esters is 1. The van der Waals surface area contributed by atoms with Crippen LogP contribution in [0.4, 0.5) is 11.4 Å². The van der Waals surface area contributed by atoms with Gasteiger partial charge in [-0.05, 0) is 24.3 Å². The summed E-state index contributed by atoms with van der Waals surface area (Å²) in [6, 6.07) is 5.64. The average molecular weight is 417 g/mol. The Morgan fingerprint density at radius 2 is 2.07 bits per heavy atom. The van der Waals surface area contributed by atoms with Crippen LogP contribution in [0.25, 0.3) is 0 Å². The number of hydrogen-bond donors (Lipinski definition) is 1. The van der Waals surface area contributed by atoms with Gasteiger partial charge in [-0.25, -0.2) is 0 Å². The van der Waals surface area contributed by atoms with Gasteiger partial charge in [0.2, 0.25) is 5.91 Å². The summed E-state index contributed by atoms with van der Waals surface area (Å²) >= 11 is 0. The number of non-ortho nitro benzene ring substituents is 1. The van der Waals surface area contributed by atoms with Gasteiger partial charge in [-0.1, -0.05) is 32.8 Å². The van der Waals surface area contributed by atoms with Crippen LogP contribution in [0.2, 0.25) is 0 Å². The van der Waals surface area contributed by atoms with E-state index in [0.29, 0.717) is 18.4 Å². The van der Waals surface area contributed by atoms with Crippen LogP contribution in [0.15, 0.2) is 24.3 Å². The van der Waals surface area contributed by atoms with Crippen LogP contribution in [0.5, 0.6) is 0 Å². The van der Waals surface area contributed by atoms with E-state index in [9.17, 15) is 24.5 Å². The molecular weight excluding hydrogens is 390 g/mol. The summed E-state index contributed by atoms with van der Waals surface area (Å²) in [6.45, 7) is 4.17. The van der Waals surface area contributed by atoms with E-state index >= 15 is 0 Å². The second-order valence-electron chi connectivity index (χ2n) is 8.25. The number of anilines is 1. The Morgan fingerprint density at radius 1 is 1.30 bits per heavy atom. The van der Waals surface area contributed by atoms with E-state index < -0.39 is 29.3 Å². The fourth-order valence-corrected chi connectivity index (χ4v) is 4.35. The smallest absolute Gasteiger partial charge is 0.311 e. The van der Waals surface area contributed by atoms with Crippen LogP contribution in [0, 0.1) is 27.9 Å². The molecule has 30 heavy (non-hydrogen) atoms. The number of hydrogen-bond acceptors (Lipinski definition) is 6. The normalized spacial score (nSPS) is 26.3. The summed E-state index contributed by atoms with van der Waals surface area (Å²) in [5.74, 6) is -0.856. The molecule has 0 aromatic heterocycles. The van der Waals surface area contributed by atoms with Gasteiger partial charge in [0, 0.05) is 36.8 Å². The first-order valence-electron chi connectivity index (χ1n) is 10.3. The van der Waals surface area contributed by atoms with Crippen molar-refractivity contribution in [2.24, 2.45) is 17.8 Å². The highest BCUT2D eigenvalue weighted by Crippen LogP contribution is 2.35. The summed E-state index contributed by atoms with van der Waals surface area (Å²) in [5, 5.41) is 13.3. The van der Waals surface area contributed by atoms with Gasteiger partial charge in [0.05, 0.1) is 10.8 Å². The lowest BCUT2D eigenvalue weighted by Gasteiger charge is -2.39. The van der Waals surface area contributed by atoms with Crippen LogP contribution in [0.1, 0.15) is 39.5 Å².